The van der Waals surface area contributed by atoms with Gasteiger partial charge in [0, 0.05) is 0 Å². The fourth-order valence-corrected chi connectivity index (χ4v) is 1.25. The van der Waals surface area contributed by atoms with Crippen LogP contribution >= 0.6 is 0 Å². The van der Waals surface area contributed by atoms with Crippen molar-refractivity contribution in [3.8, 4) is 6.07 Å². The second-order valence-electron chi connectivity index (χ2n) is 3.23. The van der Waals surface area contributed by atoms with Crippen molar-refractivity contribution in [1.29, 1.82) is 5.26 Å². The second kappa shape index (κ2) is 4.82. The monoisotopic (exact) mass is 210 g/mol. The first-order valence-corrected chi connectivity index (χ1v) is 4.41. The van der Waals surface area contributed by atoms with Crippen LogP contribution in [-0.2, 0) is 0 Å². The van der Waals surface area contributed by atoms with Crippen molar-refractivity contribution in [2.75, 3.05) is 0 Å². The maximum Gasteiger partial charge on any atom is 0.141 e. The Kier molecular flexibility index (Phi) is 3.72. The van der Waals surface area contributed by atoms with Gasteiger partial charge in [-0.2, -0.15) is 5.26 Å². The summed E-state index contributed by atoms with van der Waals surface area (Å²) in [6.45, 7) is 1.58. The number of aryl methyl sites for hydroxylation is 1. The lowest BCUT2D eigenvalue weighted by atomic mass is 10.0. The van der Waals surface area contributed by atoms with E-state index in [1.54, 1.807) is 13.0 Å². The molecule has 1 rings (SSSR count). The maximum atomic E-state index is 12.7. The Balaban J connectivity index is 2.91. The lowest BCUT2D eigenvalue weighted by Gasteiger charge is -2.16. The van der Waals surface area contributed by atoms with E-state index in [1.165, 1.54) is 6.07 Å². The van der Waals surface area contributed by atoms with E-state index in [0.717, 1.165) is 6.20 Å². The van der Waals surface area contributed by atoms with Gasteiger partial charge in [0.1, 0.15) is 11.9 Å². The molecule has 0 aromatic carbocycles. The first kappa shape index (κ1) is 11.6. The van der Waals surface area contributed by atoms with E-state index in [9.17, 15) is 14.6 Å². The number of aliphatic hydroxyl groups excluding tert-OH is 2. The topological polar surface area (TPSA) is 77.1 Å². The Labute approximate surface area is 86.6 Å². The van der Waals surface area contributed by atoms with Crippen molar-refractivity contribution < 1.29 is 14.6 Å². The minimum Gasteiger partial charge on any atom is -0.389 e. The van der Waals surface area contributed by atoms with Crippen molar-refractivity contribution in [2.45, 2.75) is 25.6 Å². The summed E-state index contributed by atoms with van der Waals surface area (Å²) in [5, 5.41) is 27.3. The number of nitriles is 1. The van der Waals surface area contributed by atoms with Gasteiger partial charge in [-0.1, -0.05) is 0 Å². The van der Waals surface area contributed by atoms with Crippen LogP contribution in [0.1, 0.15) is 23.8 Å². The second-order valence-corrected chi connectivity index (χ2v) is 3.23. The molecule has 0 bridgehead atoms. The Morgan fingerprint density at radius 1 is 1.60 bits per heavy atom. The quantitative estimate of drug-likeness (QED) is 0.774. The van der Waals surface area contributed by atoms with Crippen molar-refractivity contribution in [2.24, 2.45) is 0 Å². The van der Waals surface area contributed by atoms with Crippen molar-refractivity contribution in [1.82, 2.24) is 4.98 Å². The molecule has 0 saturated carbocycles. The average molecular weight is 210 g/mol. The number of aliphatic hydroxyl groups is 2. The normalized spacial score (nSPS) is 14.3. The van der Waals surface area contributed by atoms with Crippen LogP contribution in [-0.4, -0.2) is 21.3 Å². The van der Waals surface area contributed by atoms with Gasteiger partial charge < -0.3 is 10.2 Å². The smallest absolute Gasteiger partial charge is 0.141 e. The summed E-state index contributed by atoms with van der Waals surface area (Å²) < 4.78 is 12.7. The molecule has 4 nitrogen and oxygen atoms in total. The van der Waals surface area contributed by atoms with E-state index in [2.05, 4.69) is 4.98 Å². The molecule has 80 valence electrons. The molecule has 0 amide bonds. The van der Waals surface area contributed by atoms with Gasteiger partial charge in [0.25, 0.3) is 0 Å². The summed E-state index contributed by atoms with van der Waals surface area (Å²) in [7, 11) is 0. The molecule has 5 heteroatoms. The van der Waals surface area contributed by atoms with Crippen LogP contribution in [0.25, 0.3) is 0 Å². The fraction of sp³-hybridized carbons (Fsp3) is 0.400. The van der Waals surface area contributed by atoms with Crippen molar-refractivity contribution >= 4 is 0 Å². The zero-order valence-electron chi connectivity index (χ0n) is 8.18. The first-order chi connectivity index (χ1) is 7.06. The van der Waals surface area contributed by atoms with Gasteiger partial charge in [0.2, 0.25) is 0 Å². The van der Waals surface area contributed by atoms with Gasteiger partial charge >= 0.3 is 0 Å². The van der Waals surface area contributed by atoms with Crippen LogP contribution in [0.2, 0.25) is 0 Å². The summed E-state index contributed by atoms with van der Waals surface area (Å²) in [4.78, 5) is 3.69. The molecule has 0 aliphatic heterocycles. The van der Waals surface area contributed by atoms with E-state index in [4.69, 9.17) is 5.26 Å². The third kappa shape index (κ3) is 2.72. The minimum absolute atomic E-state index is 0.194. The molecule has 2 unspecified atom stereocenters. The largest absolute Gasteiger partial charge is 0.389 e. The van der Waals surface area contributed by atoms with Crippen LogP contribution in [0, 0.1) is 24.1 Å². The highest BCUT2D eigenvalue weighted by Crippen LogP contribution is 2.20. The Bertz CT molecular complexity index is 389. The fourth-order valence-electron chi connectivity index (χ4n) is 1.25. The lowest BCUT2D eigenvalue weighted by Crippen LogP contribution is -2.19. The van der Waals surface area contributed by atoms with Crippen molar-refractivity contribution in [3.05, 3.63) is 29.3 Å². The standard InChI is InChI=1S/C10H11FN2O2/c1-6-4-7(11)5-13-9(6)10(15)8(14)2-3-12/h4-5,8,10,14-15H,2H2,1H3. The van der Waals surface area contributed by atoms with Gasteiger partial charge in [-0.05, 0) is 18.6 Å². The third-order valence-electron chi connectivity index (χ3n) is 2.03. The van der Waals surface area contributed by atoms with Gasteiger partial charge in [-0.3, -0.25) is 4.98 Å². The molecule has 0 radical (unpaired) electrons. The molecule has 0 aliphatic rings. The molecule has 0 aliphatic carbocycles. The number of halogens is 1. The molecule has 1 heterocycles. The van der Waals surface area contributed by atoms with Gasteiger partial charge in [0.05, 0.1) is 30.5 Å². The van der Waals surface area contributed by atoms with Crippen LogP contribution in [0.5, 0.6) is 0 Å². The van der Waals surface area contributed by atoms with E-state index < -0.39 is 18.0 Å². The first-order valence-electron chi connectivity index (χ1n) is 4.41. The molecule has 2 atom stereocenters. The Hall–Kier alpha value is -1.51. The number of aromatic nitrogens is 1. The van der Waals surface area contributed by atoms with Crippen LogP contribution in [0.4, 0.5) is 4.39 Å². The maximum absolute atomic E-state index is 12.7. The predicted molar refractivity (Wildman–Crippen MR) is 50.1 cm³/mol. The molecule has 1 aromatic heterocycles. The molecule has 2 N–H and O–H groups in total. The molecule has 0 saturated heterocycles. The van der Waals surface area contributed by atoms with Crippen LogP contribution in [0.3, 0.4) is 0 Å². The van der Waals surface area contributed by atoms with E-state index in [0.29, 0.717) is 5.56 Å². The van der Waals surface area contributed by atoms with Crippen LogP contribution < -0.4 is 0 Å². The molecular formula is C10H11FN2O2. The highest BCUT2D eigenvalue weighted by molar-refractivity contribution is 5.21. The predicted octanol–water partition coefficient (Wildman–Crippen LogP) is 0.837. The van der Waals surface area contributed by atoms with E-state index in [1.807, 2.05) is 0 Å². The SMILES string of the molecule is Cc1cc(F)cnc1C(O)C(O)CC#N. The molecule has 1 aromatic rings. The average Bonchev–Trinajstić information content (AvgIpc) is 2.17. The lowest BCUT2D eigenvalue weighted by molar-refractivity contribution is 0.0185. The minimum atomic E-state index is -1.26. The van der Waals surface area contributed by atoms with E-state index in [-0.39, 0.29) is 12.1 Å². The highest BCUT2D eigenvalue weighted by atomic mass is 19.1. The molecule has 0 fully saturated rings. The summed E-state index contributed by atoms with van der Waals surface area (Å²) in [5.41, 5.74) is 0.638. The molecule has 15 heavy (non-hydrogen) atoms. The summed E-state index contributed by atoms with van der Waals surface area (Å²) in [6.07, 6.45) is -1.69. The van der Waals surface area contributed by atoms with Crippen molar-refractivity contribution in [3.63, 3.8) is 0 Å². The summed E-state index contributed by atoms with van der Waals surface area (Å²) in [6, 6.07) is 2.95. The van der Waals surface area contributed by atoms with Gasteiger partial charge in [-0.15, -0.1) is 0 Å². The van der Waals surface area contributed by atoms with Crippen LogP contribution in [0.15, 0.2) is 12.3 Å². The number of hydrogen-bond donors (Lipinski definition) is 2. The number of pyridine rings is 1. The number of rotatable bonds is 3. The highest BCUT2D eigenvalue weighted by Gasteiger charge is 2.21. The summed E-state index contributed by atoms with van der Waals surface area (Å²) >= 11 is 0. The Morgan fingerprint density at radius 3 is 2.80 bits per heavy atom. The zero-order valence-corrected chi connectivity index (χ0v) is 8.18. The summed E-state index contributed by atoms with van der Waals surface area (Å²) in [5.74, 6) is -0.502. The van der Waals surface area contributed by atoms with Gasteiger partial charge in [0.15, 0.2) is 0 Å². The number of hydrogen-bond acceptors (Lipinski definition) is 4. The third-order valence-corrected chi connectivity index (χ3v) is 2.03. The van der Waals surface area contributed by atoms with Gasteiger partial charge in [-0.25, -0.2) is 4.39 Å². The van der Waals surface area contributed by atoms with E-state index >= 15 is 0 Å². The molecule has 0 spiro atoms. The number of nitrogens with zero attached hydrogens (tertiary/aromatic N) is 2. The molecular weight excluding hydrogens is 199 g/mol. The Morgan fingerprint density at radius 2 is 2.27 bits per heavy atom. The zero-order chi connectivity index (χ0) is 11.4.